The molecular weight excluding hydrogens is 264 g/mol. The van der Waals surface area contributed by atoms with Gasteiger partial charge in [-0.3, -0.25) is 4.57 Å². The molecule has 0 bridgehead atoms. The molecule has 106 valence electrons. The van der Waals surface area contributed by atoms with Crippen molar-refractivity contribution < 1.29 is 0 Å². The fourth-order valence-corrected chi connectivity index (χ4v) is 1.93. The van der Waals surface area contributed by atoms with E-state index in [0.29, 0.717) is 17.7 Å². The van der Waals surface area contributed by atoms with Gasteiger partial charge in [-0.15, -0.1) is 0 Å². The third-order valence-electron chi connectivity index (χ3n) is 3.00. The van der Waals surface area contributed by atoms with Crippen LogP contribution in [0.25, 0.3) is 17.3 Å². The number of nitrogens with zero attached hydrogens (tertiary/aromatic N) is 5. The Labute approximate surface area is 122 Å². The zero-order chi connectivity index (χ0) is 14.7. The van der Waals surface area contributed by atoms with E-state index in [0.717, 1.165) is 12.1 Å². The van der Waals surface area contributed by atoms with Crippen molar-refractivity contribution in [1.82, 2.24) is 24.5 Å². The molecule has 2 aromatic heterocycles. The molecule has 0 aliphatic heterocycles. The summed E-state index contributed by atoms with van der Waals surface area (Å²) in [6.07, 6.45) is 5.18. The number of anilines is 1. The molecule has 0 fully saturated rings. The van der Waals surface area contributed by atoms with Gasteiger partial charge in [-0.1, -0.05) is 29.8 Å². The quantitative estimate of drug-likeness (QED) is 0.795. The lowest BCUT2D eigenvalue weighted by atomic mass is 10.1. The van der Waals surface area contributed by atoms with E-state index in [1.807, 2.05) is 37.4 Å². The summed E-state index contributed by atoms with van der Waals surface area (Å²) in [5.41, 5.74) is 2.16. The molecule has 0 unspecified atom stereocenters. The third kappa shape index (κ3) is 2.89. The fourth-order valence-electron chi connectivity index (χ4n) is 1.93. The van der Waals surface area contributed by atoms with Crippen molar-refractivity contribution in [3.8, 4) is 17.3 Å². The molecule has 0 spiro atoms. The van der Waals surface area contributed by atoms with Gasteiger partial charge in [0.1, 0.15) is 6.33 Å². The number of rotatable bonds is 4. The van der Waals surface area contributed by atoms with Crippen LogP contribution >= 0.6 is 0 Å². The maximum absolute atomic E-state index is 4.52. The Bertz CT molecular complexity index is 718. The zero-order valence-electron chi connectivity index (χ0n) is 12.0. The van der Waals surface area contributed by atoms with Gasteiger partial charge >= 0.3 is 0 Å². The van der Waals surface area contributed by atoms with E-state index in [1.54, 1.807) is 17.1 Å². The number of hydrogen-bond donors (Lipinski definition) is 1. The van der Waals surface area contributed by atoms with Crippen LogP contribution in [0.1, 0.15) is 12.5 Å². The van der Waals surface area contributed by atoms with Crippen molar-refractivity contribution >= 4 is 5.95 Å². The average molecular weight is 280 g/mol. The first-order valence-electron chi connectivity index (χ1n) is 6.81. The molecule has 0 saturated heterocycles. The van der Waals surface area contributed by atoms with Crippen molar-refractivity contribution in [2.45, 2.75) is 13.8 Å². The molecule has 0 saturated carbocycles. The number of aromatic nitrogens is 5. The highest BCUT2D eigenvalue weighted by Crippen LogP contribution is 2.18. The topological polar surface area (TPSA) is 68.5 Å². The molecule has 0 atom stereocenters. The van der Waals surface area contributed by atoms with Crippen molar-refractivity contribution in [2.75, 3.05) is 11.9 Å². The summed E-state index contributed by atoms with van der Waals surface area (Å²) in [7, 11) is 0. The van der Waals surface area contributed by atoms with Gasteiger partial charge in [-0.2, -0.15) is 15.0 Å². The van der Waals surface area contributed by atoms with Crippen molar-refractivity contribution in [3.05, 3.63) is 48.5 Å². The molecule has 0 amide bonds. The maximum Gasteiger partial charge on any atom is 0.240 e. The molecule has 1 N–H and O–H groups in total. The standard InChI is InChI=1S/C15H16N6/c1-3-17-14-18-13(12-6-4-11(2)5-7-12)19-15(20-14)21-9-8-16-10-21/h4-10H,3H2,1-2H3,(H,17,18,19,20). The van der Waals surface area contributed by atoms with Gasteiger partial charge in [0.15, 0.2) is 5.82 Å². The smallest absolute Gasteiger partial charge is 0.240 e. The molecular formula is C15H16N6. The van der Waals surface area contributed by atoms with Crippen LogP contribution in [-0.4, -0.2) is 31.0 Å². The lowest BCUT2D eigenvalue weighted by Gasteiger charge is -2.08. The molecule has 0 aliphatic carbocycles. The molecule has 0 radical (unpaired) electrons. The minimum atomic E-state index is 0.550. The highest BCUT2D eigenvalue weighted by Gasteiger charge is 2.09. The van der Waals surface area contributed by atoms with E-state index < -0.39 is 0 Å². The van der Waals surface area contributed by atoms with Crippen LogP contribution in [-0.2, 0) is 0 Å². The summed E-state index contributed by atoms with van der Waals surface area (Å²) in [6, 6.07) is 8.11. The summed E-state index contributed by atoms with van der Waals surface area (Å²) in [5.74, 6) is 1.76. The van der Waals surface area contributed by atoms with Crippen LogP contribution in [0, 0.1) is 6.92 Å². The second-order valence-corrected chi connectivity index (χ2v) is 4.65. The Kier molecular flexibility index (Phi) is 3.59. The summed E-state index contributed by atoms with van der Waals surface area (Å²) in [4.78, 5) is 17.4. The second kappa shape index (κ2) is 5.70. The van der Waals surface area contributed by atoms with E-state index >= 15 is 0 Å². The Balaban J connectivity index is 2.09. The molecule has 6 heteroatoms. The van der Waals surface area contributed by atoms with Gasteiger partial charge < -0.3 is 5.32 Å². The molecule has 0 aliphatic rings. The van der Waals surface area contributed by atoms with E-state index in [-0.39, 0.29) is 0 Å². The Hall–Kier alpha value is -2.76. The molecule has 2 heterocycles. The van der Waals surface area contributed by atoms with E-state index in [9.17, 15) is 0 Å². The van der Waals surface area contributed by atoms with Crippen LogP contribution in [0.15, 0.2) is 43.0 Å². The lowest BCUT2D eigenvalue weighted by Crippen LogP contribution is -2.09. The van der Waals surface area contributed by atoms with Gasteiger partial charge in [0, 0.05) is 24.5 Å². The fraction of sp³-hybridized carbons (Fsp3) is 0.200. The molecule has 1 aromatic carbocycles. The maximum atomic E-state index is 4.52. The minimum absolute atomic E-state index is 0.550. The lowest BCUT2D eigenvalue weighted by molar-refractivity contribution is 0.896. The van der Waals surface area contributed by atoms with Crippen LogP contribution in [0.2, 0.25) is 0 Å². The van der Waals surface area contributed by atoms with E-state index in [1.165, 1.54) is 5.56 Å². The predicted octanol–water partition coefficient (Wildman–Crippen LogP) is 2.46. The zero-order valence-corrected chi connectivity index (χ0v) is 12.0. The number of nitrogens with one attached hydrogen (secondary N) is 1. The highest BCUT2D eigenvalue weighted by atomic mass is 15.2. The van der Waals surface area contributed by atoms with Crippen LogP contribution in [0.3, 0.4) is 0 Å². The van der Waals surface area contributed by atoms with Crippen LogP contribution in [0.4, 0.5) is 5.95 Å². The van der Waals surface area contributed by atoms with Gasteiger partial charge in [0.25, 0.3) is 0 Å². The molecule has 6 nitrogen and oxygen atoms in total. The molecule has 3 rings (SSSR count). The van der Waals surface area contributed by atoms with Gasteiger partial charge in [-0.05, 0) is 13.8 Å². The monoisotopic (exact) mass is 280 g/mol. The number of benzene rings is 1. The summed E-state index contributed by atoms with van der Waals surface area (Å²) in [5, 5.41) is 3.14. The summed E-state index contributed by atoms with van der Waals surface area (Å²) in [6.45, 7) is 4.81. The Morgan fingerprint density at radius 2 is 1.90 bits per heavy atom. The number of aryl methyl sites for hydroxylation is 1. The summed E-state index contributed by atoms with van der Waals surface area (Å²) < 4.78 is 1.76. The second-order valence-electron chi connectivity index (χ2n) is 4.65. The van der Waals surface area contributed by atoms with E-state index in [2.05, 4.69) is 32.2 Å². The normalized spacial score (nSPS) is 10.6. The Morgan fingerprint density at radius 1 is 1.10 bits per heavy atom. The SMILES string of the molecule is CCNc1nc(-c2ccc(C)cc2)nc(-n2ccnc2)n1. The van der Waals surface area contributed by atoms with Crippen LogP contribution in [0.5, 0.6) is 0 Å². The highest BCUT2D eigenvalue weighted by molar-refractivity contribution is 5.57. The minimum Gasteiger partial charge on any atom is -0.354 e. The average Bonchev–Trinajstić information content (AvgIpc) is 3.02. The first-order valence-corrected chi connectivity index (χ1v) is 6.81. The van der Waals surface area contributed by atoms with Crippen LogP contribution < -0.4 is 5.32 Å². The van der Waals surface area contributed by atoms with Gasteiger partial charge in [-0.25, -0.2) is 4.98 Å². The predicted molar refractivity (Wildman–Crippen MR) is 81.3 cm³/mol. The molecule has 3 aromatic rings. The molecule has 21 heavy (non-hydrogen) atoms. The first-order chi connectivity index (χ1) is 10.3. The van der Waals surface area contributed by atoms with E-state index in [4.69, 9.17) is 0 Å². The number of imidazole rings is 1. The van der Waals surface area contributed by atoms with Crippen molar-refractivity contribution in [1.29, 1.82) is 0 Å². The third-order valence-corrected chi connectivity index (χ3v) is 3.00. The number of hydrogen-bond acceptors (Lipinski definition) is 5. The van der Waals surface area contributed by atoms with Crippen molar-refractivity contribution in [3.63, 3.8) is 0 Å². The van der Waals surface area contributed by atoms with Gasteiger partial charge in [0.2, 0.25) is 11.9 Å². The Morgan fingerprint density at radius 3 is 2.57 bits per heavy atom. The largest absolute Gasteiger partial charge is 0.354 e. The first kappa shape index (κ1) is 13.2. The summed E-state index contributed by atoms with van der Waals surface area (Å²) >= 11 is 0. The van der Waals surface area contributed by atoms with Crippen molar-refractivity contribution in [2.24, 2.45) is 0 Å². The van der Waals surface area contributed by atoms with Gasteiger partial charge in [0.05, 0.1) is 0 Å².